The normalized spacial score (nSPS) is 18.8. The number of likely N-dealkylation sites (tertiary alicyclic amines) is 1. The summed E-state index contributed by atoms with van der Waals surface area (Å²) in [5.41, 5.74) is 1.20. The van der Waals surface area contributed by atoms with E-state index in [1.165, 1.54) is 11.1 Å². The zero-order valence-corrected chi connectivity index (χ0v) is 19.8. The Labute approximate surface area is 188 Å². The highest BCUT2D eigenvalue weighted by molar-refractivity contribution is 5.91. The number of nitrogens with zero attached hydrogens (tertiary/aromatic N) is 1. The van der Waals surface area contributed by atoms with Gasteiger partial charge in [0.2, 0.25) is 0 Å². The van der Waals surface area contributed by atoms with Crippen LogP contribution in [-0.4, -0.2) is 41.0 Å². The third-order valence-electron chi connectivity index (χ3n) is 5.84. The van der Waals surface area contributed by atoms with Crippen molar-refractivity contribution in [3.63, 3.8) is 0 Å². The molecule has 1 aliphatic heterocycles. The van der Waals surface area contributed by atoms with Gasteiger partial charge in [0.25, 0.3) is 0 Å². The Bertz CT molecular complexity index is 736. The molecule has 1 N–H and O–H groups in total. The van der Waals surface area contributed by atoms with Crippen LogP contribution in [0.25, 0.3) is 0 Å². The van der Waals surface area contributed by atoms with Crippen molar-refractivity contribution in [3.05, 3.63) is 48.0 Å². The molecule has 5 heteroatoms. The molecule has 1 aromatic carbocycles. The van der Waals surface area contributed by atoms with E-state index in [-0.39, 0.29) is 11.9 Å². The van der Waals surface area contributed by atoms with Crippen LogP contribution in [0.4, 0.5) is 4.79 Å². The fourth-order valence-electron chi connectivity index (χ4n) is 4.01. The highest BCUT2D eigenvalue weighted by Crippen LogP contribution is 2.33. The summed E-state index contributed by atoms with van der Waals surface area (Å²) in [6.45, 7) is 13.6. The molecule has 5 nitrogen and oxygen atoms in total. The molecule has 0 radical (unpaired) electrons. The van der Waals surface area contributed by atoms with E-state index in [4.69, 9.17) is 4.74 Å². The van der Waals surface area contributed by atoms with Crippen LogP contribution in [0.15, 0.2) is 36.9 Å². The molecule has 1 aromatic rings. The molecule has 0 aliphatic carbocycles. The van der Waals surface area contributed by atoms with Crippen molar-refractivity contribution in [3.8, 4) is 0 Å². The Morgan fingerprint density at radius 3 is 2.52 bits per heavy atom. The van der Waals surface area contributed by atoms with E-state index in [2.05, 4.69) is 36.2 Å². The van der Waals surface area contributed by atoms with Gasteiger partial charge in [-0.3, -0.25) is 9.69 Å². The lowest BCUT2D eigenvalue weighted by molar-refractivity contribution is -0.128. The van der Waals surface area contributed by atoms with E-state index in [0.29, 0.717) is 19.4 Å². The Morgan fingerprint density at radius 2 is 1.87 bits per heavy atom. The average Bonchev–Trinajstić information content (AvgIpc) is 3.11. The molecule has 1 fully saturated rings. The molecular weight excluding hydrogens is 388 g/mol. The number of unbranched alkanes of at least 4 members (excludes halogenated alkanes) is 1. The molecule has 0 saturated carbocycles. The number of benzene rings is 1. The number of amides is 1. The number of ether oxygens (including phenoxy) is 1. The Kier molecular flexibility index (Phi) is 9.30. The standard InChI is InChI=1S/C26H40N2O3/c1-6-7-8-18-27-20-22-15-13-21(14-16-22)11-9-12-23(29)26(5)17-10-19-28(26)24(30)31-25(2,3)4/h6,13-16,27H,1,7-12,17-20H2,2-5H3/t26-/m0/s1. The quantitative estimate of drug-likeness (QED) is 0.377. The maximum atomic E-state index is 13.0. The lowest BCUT2D eigenvalue weighted by atomic mass is 9.89. The molecule has 1 atom stereocenters. The second-order valence-electron chi connectivity index (χ2n) is 9.71. The molecule has 2 rings (SSSR count). The summed E-state index contributed by atoms with van der Waals surface area (Å²) < 4.78 is 5.52. The van der Waals surface area contributed by atoms with Crippen molar-refractivity contribution in [1.82, 2.24) is 10.2 Å². The van der Waals surface area contributed by atoms with Crippen molar-refractivity contribution >= 4 is 11.9 Å². The highest BCUT2D eigenvalue weighted by Gasteiger charge is 2.46. The Hall–Kier alpha value is -2.14. The molecule has 1 amide bonds. The van der Waals surface area contributed by atoms with Crippen LogP contribution in [-0.2, 0) is 22.5 Å². The fourth-order valence-corrected chi connectivity index (χ4v) is 4.01. The van der Waals surface area contributed by atoms with Gasteiger partial charge in [0.1, 0.15) is 11.1 Å². The lowest BCUT2D eigenvalue weighted by Gasteiger charge is -2.35. The van der Waals surface area contributed by atoms with Crippen LogP contribution in [0.3, 0.4) is 0 Å². The highest BCUT2D eigenvalue weighted by atomic mass is 16.6. The van der Waals surface area contributed by atoms with Gasteiger partial charge >= 0.3 is 6.09 Å². The molecular formula is C26H40N2O3. The Balaban J connectivity index is 1.80. The van der Waals surface area contributed by atoms with Gasteiger partial charge in [0.15, 0.2) is 5.78 Å². The monoisotopic (exact) mass is 428 g/mol. The zero-order valence-electron chi connectivity index (χ0n) is 19.8. The summed E-state index contributed by atoms with van der Waals surface area (Å²) in [5.74, 6) is 0.135. The summed E-state index contributed by atoms with van der Waals surface area (Å²) in [6.07, 6.45) is 7.39. The maximum absolute atomic E-state index is 13.0. The van der Waals surface area contributed by atoms with Gasteiger partial charge in [0, 0.05) is 19.5 Å². The number of carbonyl (C=O) groups is 2. The molecule has 0 aromatic heterocycles. The lowest BCUT2D eigenvalue weighted by Crippen LogP contribution is -2.52. The number of ketones is 1. The van der Waals surface area contributed by atoms with Gasteiger partial charge in [-0.15, -0.1) is 6.58 Å². The molecule has 0 bridgehead atoms. The molecule has 0 spiro atoms. The maximum Gasteiger partial charge on any atom is 0.411 e. The van der Waals surface area contributed by atoms with Gasteiger partial charge in [-0.1, -0.05) is 30.3 Å². The fraction of sp³-hybridized carbons (Fsp3) is 0.615. The number of aryl methyl sites for hydroxylation is 1. The number of hydrogen-bond acceptors (Lipinski definition) is 4. The molecule has 0 unspecified atom stereocenters. The predicted molar refractivity (Wildman–Crippen MR) is 126 cm³/mol. The largest absolute Gasteiger partial charge is 0.444 e. The van der Waals surface area contributed by atoms with Crippen LogP contribution in [0.5, 0.6) is 0 Å². The summed E-state index contributed by atoms with van der Waals surface area (Å²) in [7, 11) is 0. The third kappa shape index (κ3) is 7.80. The van der Waals surface area contributed by atoms with Crippen molar-refractivity contribution in [1.29, 1.82) is 0 Å². The summed E-state index contributed by atoms with van der Waals surface area (Å²) >= 11 is 0. The summed E-state index contributed by atoms with van der Waals surface area (Å²) in [5, 5.41) is 3.44. The number of hydrogen-bond donors (Lipinski definition) is 1. The van der Waals surface area contributed by atoms with Crippen molar-refractivity contribution in [2.24, 2.45) is 0 Å². The second-order valence-corrected chi connectivity index (χ2v) is 9.71. The van der Waals surface area contributed by atoms with Crippen LogP contribution in [0.1, 0.15) is 77.3 Å². The topological polar surface area (TPSA) is 58.6 Å². The molecule has 1 saturated heterocycles. The third-order valence-corrected chi connectivity index (χ3v) is 5.84. The first-order chi connectivity index (χ1) is 14.7. The van der Waals surface area contributed by atoms with E-state index >= 15 is 0 Å². The van der Waals surface area contributed by atoms with E-state index in [0.717, 1.165) is 45.2 Å². The predicted octanol–water partition coefficient (Wildman–Crippen LogP) is 5.42. The van der Waals surface area contributed by atoms with Crippen LogP contribution < -0.4 is 5.32 Å². The summed E-state index contributed by atoms with van der Waals surface area (Å²) in [4.78, 5) is 27.2. The number of rotatable bonds is 11. The SMILES string of the molecule is C=CCCCNCc1ccc(CCCC(=O)[C@]2(C)CCCN2C(=O)OC(C)(C)C)cc1. The van der Waals surface area contributed by atoms with E-state index in [1.54, 1.807) is 4.90 Å². The van der Waals surface area contributed by atoms with Crippen molar-refractivity contribution in [2.45, 2.75) is 90.3 Å². The van der Waals surface area contributed by atoms with E-state index in [9.17, 15) is 9.59 Å². The molecule has 172 valence electrons. The van der Waals surface area contributed by atoms with Gasteiger partial charge < -0.3 is 10.1 Å². The second kappa shape index (κ2) is 11.5. The Morgan fingerprint density at radius 1 is 1.19 bits per heavy atom. The molecule has 1 aliphatic rings. The van der Waals surface area contributed by atoms with Gasteiger partial charge in [-0.25, -0.2) is 4.79 Å². The first kappa shape index (κ1) is 25.1. The van der Waals surface area contributed by atoms with Crippen LogP contribution in [0.2, 0.25) is 0 Å². The van der Waals surface area contributed by atoms with Crippen LogP contribution >= 0.6 is 0 Å². The van der Waals surface area contributed by atoms with Gasteiger partial charge in [0.05, 0.1) is 0 Å². The van der Waals surface area contributed by atoms with E-state index < -0.39 is 11.1 Å². The van der Waals surface area contributed by atoms with E-state index in [1.807, 2.05) is 33.8 Å². The minimum Gasteiger partial charge on any atom is -0.444 e. The minimum absolute atomic E-state index is 0.135. The number of carbonyl (C=O) groups excluding carboxylic acids is 2. The summed E-state index contributed by atoms with van der Waals surface area (Å²) in [6, 6.07) is 8.60. The first-order valence-electron chi connectivity index (χ1n) is 11.6. The number of nitrogens with one attached hydrogen (secondary N) is 1. The van der Waals surface area contributed by atoms with Crippen LogP contribution in [0, 0.1) is 0 Å². The smallest absolute Gasteiger partial charge is 0.411 e. The molecule has 31 heavy (non-hydrogen) atoms. The molecule has 1 heterocycles. The first-order valence-corrected chi connectivity index (χ1v) is 11.6. The van der Waals surface area contributed by atoms with Crippen molar-refractivity contribution < 1.29 is 14.3 Å². The minimum atomic E-state index is -0.747. The van der Waals surface area contributed by atoms with Crippen molar-refractivity contribution in [2.75, 3.05) is 13.1 Å². The van der Waals surface area contributed by atoms with Gasteiger partial charge in [-0.2, -0.15) is 0 Å². The van der Waals surface area contributed by atoms with Gasteiger partial charge in [-0.05, 0) is 83.9 Å². The zero-order chi connectivity index (χ0) is 22.9. The number of allylic oxidation sites excluding steroid dienone is 1. The number of Topliss-reactive ketones (excluding diaryl/α,β-unsaturated/α-hetero) is 1. The average molecular weight is 429 g/mol.